The van der Waals surface area contributed by atoms with Gasteiger partial charge in [-0.15, -0.1) is 0 Å². The maximum Gasteiger partial charge on any atom is 0.150 e. The van der Waals surface area contributed by atoms with E-state index in [1.54, 1.807) is 0 Å². The van der Waals surface area contributed by atoms with Crippen LogP contribution in [0.4, 0.5) is 11.6 Å². The zero-order valence-corrected chi connectivity index (χ0v) is 20.3. The molecule has 1 saturated carbocycles. The van der Waals surface area contributed by atoms with Crippen molar-refractivity contribution in [3.63, 3.8) is 0 Å². The number of rotatable bonds is 7. The summed E-state index contributed by atoms with van der Waals surface area (Å²) in [7, 11) is 0. The first-order valence-corrected chi connectivity index (χ1v) is 12.5. The van der Waals surface area contributed by atoms with Crippen molar-refractivity contribution in [3.05, 3.63) is 72.4 Å². The van der Waals surface area contributed by atoms with Crippen molar-refractivity contribution in [3.8, 4) is 11.4 Å². The molecule has 8 heteroatoms. The number of benzene rings is 1. The van der Waals surface area contributed by atoms with Gasteiger partial charge >= 0.3 is 0 Å². The highest BCUT2D eigenvalue weighted by molar-refractivity contribution is 5.91. The van der Waals surface area contributed by atoms with Crippen molar-refractivity contribution in [2.45, 2.75) is 45.1 Å². The van der Waals surface area contributed by atoms with Crippen LogP contribution in [0.1, 0.15) is 49.7 Å². The minimum Gasteiger partial charge on any atom is -0.489 e. The van der Waals surface area contributed by atoms with E-state index in [0.29, 0.717) is 18.3 Å². The molecule has 36 heavy (non-hydrogen) atoms. The van der Waals surface area contributed by atoms with Gasteiger partial charge in [0.05, 0.1) is 22.8 Å². The van der Waals surface area contributed by atoms with E-state index in [0.717, 1.165) is 51.3 Å². The summed E-state index contributed by atoms with van der Waals surface area (Å²) in [5, 5.41) is 5.29. The quantitative estimate of drug-likeness (QED) is 0.312. The molecule has 4 heterocycles. The molecular weight excluding hydrogens is 450 g/mol. The number of pyridine rings is 2. The number of anilines is 2. The average molecular weight is 480 g/mol. The lowest BCUT2D eigenvalue weighted by Crippen LogP contribution is -2.01. The summed E-state index contributed by atoms with van der Waals surface area (Å²) in [6, 6.07) is 12.1. The van der Waals surface area contributed by atoms with Crippen LogP contribution in [0.15, 0.2) is 61.3 Å². The molecule has 1 aliphatic carbocycles. The van der Waals surface area contributed by atoms with E-state index < -0.39 is 0 Å². The van der Waals surface area contributed by atoms with Gasteiger partial charge in [0.25, 0.3) is 0 Å². The number of nitrogens with one attached hydrogen (secondary N) is 1. The largest absolute Gasteiger partial charge is 0.489 e. The summed E-state index contributed by atoms with van der Waals surface area (Å²) < 4.78 is 8.21. The molecule has 0 atom stereocenters. The fourth-order valence-corrected chi connectivity index (χ4v) is 5.17. The number of hydrogen-bond acceptors (Lipinski definition) is 7. The Labute approximate surface area is 209 Å². The van der Waals surface area contributed by atoms with E-state index in [4.69, 9.17) is 10.5 Å². The van der Waals surface area contributed by atoms with Gasteiger partial charge in [0.2, 0.25) is 0 Å². The van der Waals surface area contributed by atoms with E-state index in [1.165, 1.54) is 37.6 Å². The van der Waals surface area contributed by atoms with Gasteiger partial charge in [-0.3, -0.25) is 9.55 Å². The van der Waals surface area contributed by atoms with Crippen LogP contribution >= 0.6 is 0 Å². The van der Waals surface area contributed by atoms with Gasteiger partial charge in [-0.1, -0.05) is 12.8 Å². The molecule has 5 aromatic rings. The van der Waals surface area contributed by atoms with Crippen LogP contribution in [-0.2, 0) is 6.61 Å². The SMILES string of the molecule is CCNc1ccc2ccc(OCc3cncc(-n4cc(C5CCCC5)c5c(N)ncnc54)c3)cc2n1. The Morgan fingerprint density at radius 3 is 2.81 bits per heavy atom. The fourth-order valence-electron chi connectivity index (χ4n) is 5.17. The molecule has 0 radical (unpaired) electrons. The minimum absolute atomic E-state index is 0.394. The molecule has 4 aromatic heterocycles. The molecule has 0 amide bonds. The molecule has 182 valence electrons. The number of ether oxygens (including phenoxy) is 1. The van der Waals surface area contributed by atoms with Crippen LogP contribution in [-0.4, -0.2) is 31.0 Å². The first-order chi connectivity index (χ1) is 17.7. The number of aromatic nitrogens is 5. The van der Waals surface area contributed by atoms with E-state index in [2.05, 4.69) is 55.1 Å². The number of hydrogen-bond donors (Lipinski definition) is 2. The highest BCUT2D eigenvalue weighted by Gasteiger charge is 2.24. The maximum atomic E-state index is 6.31. The molecule has 1 fully saturated rings. The van der Waals surface area contributed by atoms with Crippen molar-refractivity contribution in [2.24, 2.45) is 0 Å². The predicted molar refractivity (Wildman–Crippen MR) is 143 cm³/mol. The van der Waals surface area contributed by atoms with Gasteiger partial charge in [0.15, 0.2) is 0 Å². The second-order valence-corrected chi connectivity index (χ2v) is 9.31. The van der Waals surface area contributed by atoms with Gasteiger partial charge < -0.3 is 15.8 Å². The Morgan fingerprint density at radius 2 is 1.94 bits per heavy atom. The zero-order chi connectivity index (χ0) is 24.5. The monoisotopic (exact) mass is 479 g/mol. The summed E-state index contributed by atoms with van der Waals surface area (Å²) in [5.41, 5.74) is 11.2. The normalized spacial score (nSPS) is 14.0. The third-order valence-electron chi connectivity index (χ3n) is 6.92. The smallest absolute Gasteiger partial charge is 0.150 e. The molecule has 1 aromatic carbocycles. The highest BCUT2D eigenvalue weighted by Crippen LogP contribution is 2.40. The summed E-state index contributed by atoms with van der Waals surface area (Å²) >= 11 is 0. The summed E-state index contributed by atoms with van der Waals surface area (Å²) in [4.78, 5) is 18.0. The van der Waals surface area contributed by atoms with Crippen LogP contribution < -0.4 is 15.8 Å². The Bertz CT molecular complexity index is 1540. The Kier molecular flexibility index (Phi) is 5.85. The standard InChI is InChI=1S/C28H29N7O/c1-2-31-25-10-8-20-7-9-22(12-24(20)34-25)36-16-18-11-21(14-30-13-18)35-15-23(19-5-3-4-6-19)26-27(29)32-17-33-28(26)35/h7-15,17,19H,2-6,16H2,1H3,(H,31,34)(H2,29,32,33). The summed E-state index contributed by atoms with van der Waals surface area (Å²) in [6.45, 7) is 3.28. The lowest BCUT2D eigenvalue weighted by atomic mass is 9.98. The van der Waals surface area contributed by atoms with Crippen LogP contribution in [0.25, 0.3) is 27.6 Å². The predicted octanol–water partition coefficient (Wildman–Crippen LogP) is 5.61. The van der Waals surface area contributed by atoms with Crippen LogP contribution in [0.3, 0.4) is 0 Å². The number of nitrogen functional groups attached to an aromatic ring is 1. The van der Waals surface area contributed by atoms with E-state index in [-0.39, 0.29) is 0 Å². The molecule has 0 spiro atoms. The van der Waals surface area contributed by atoms with Gasteiger partial charge in [0, 0.05) is 36.0 Å². The minimum atomic E-state index is 0.394. The number of nitrogens with two attached hydrogens (primary N) is 1. The third-order valence-corrected chi connectivity index (χ3v) is 6.92. The second kappa shape index (κ2) is 9.45. The average Bonchev–Trinajstić information content (AvgIpc) is 3.57. The molecule has 0 aliphatic heterocycles. The summed E-state index contributed by atoms with van der Waals surface area (Å²) in [6.07, 6.45) is 12.2. The fraction of sp³-hybridized carbons (Fsp3) is 0.286. The van der Waals surface area contributed by atoms with E-state index >= 15 is 0 Å². The third kappa shape index (κ3) is 4.19. The molecule has 0 saturated heterocycles. The van der Waals surface area contributed by atoms with Crippen molar-refractivity contribution >= 4 is 33.6 Å². The Morgan fingerprint density at radius 1 is 1.08 bits per heavy atom. The maximum absolute atomic E-state index is 6.31. The number of fused-ring (bicyclic) bond motifs is 2. The first-order valence-electron chi connectivity index (χ1n) is 12.5. The topological polar surface area (TPSA) is 104 Å². The van der Waals surface area contributed by atoms with Gasteiger partial charge in [0.1, 0.15) is 36.0 Å². The van der Waals surface area contributed by atoms with Crippen molar-refractivity contribution in [1.82, 2.24) is 24.5 Å². The van der Waals surface area contributed by atoms with Gasteiger partial charge in [-0.25, -0.2) is 15.0 Å². The Balaban J connectivity index is 1.28. The van der Waals surface area contributed by atoms with Crippen LogP contribution in [0, 0.1) is 0 Å². The summed E-state index contributed by atoms with van der Waals surface area (Å²) in [5.74, 6) is 2.66. The van der Waals surface area contributed by atoms with Crippen LogP contribution in [0.2, 0.25) is 0 Å². The first kappa shape index (κ1) is 22.3. The molecular formula is C28H29N7O. The van der Waals surface area contributed by atoms with Crippen molar-refractivity contribution in [2.75, 3.05) is 17.6 Å². The lowest BCUT2D eigenvalue weighted by molar-refractivity contribution is 0.306. The van der Waals surface area contributed by atoms with E-state index in [9.17, 15) is 0 Å². The highest BCUT2D eigenvalue weighted by atomic mass is 16.5. The van der Waals surface area contributed by atoms with E-state index in [1.807, 2.05) is 36.7 Å². The number of nitrogens with zero attached hydrogens (tertiary/aromatic N) is 5. The lowest BCUT2D eigenvalue weighted by Gasteiger charge is -2.10. The van der Waals surface area contributed by atoms with Crippen LogP contribution in [0.5, 0.6) is 5.75 Å². The molecule has 8 nitrogen and oxygen atoms in total. The van der Waals surface area contributed by atoms with Crippen molar-refractivity contribution in [1.29, 1.82) is 0 Å². The molecule has 1 aliphatic rings. The molecule has 3 N–H and O–H groups in total. The second-order valence-electron chi connectivity index (χ2n) is 9.31. The van der Waals surface area contributed by atoms with Crippen molar-refractivity contribution < 1.29 is 4.74 Å². The van der Waals surface area contributed by atoms with Gasteiger partial charge in [-0.05, 0) is 61.6 Å². The molecule has 0 bridgehead atoms. The molecule has 6 rings (SSSR count). The van der Waals surface area contributed by atoms with Gasteiger partial charge in [-0.2, -0.15) is 0 Å². The zero-order valence-electron chi connectivity index (χ0n) is 20.3. The Hall–Kier alpha value is -4.20. The molecule has 0 unspecified atom stereocenters.